The molecular formula is C16H12N2O. The topological polar surface area (TPSA) is 33.5 Å². The number of carbonyl (C=O) groups excluding carboxylic acids is 1. The van der Waals surface area contributed by atoms with Crippen molar-refractivity contribution in [3.63, 3.8) is 0 Å². The first kappa shape index (κ1) is 11.5. The second-order valence-electron chi connectivity index (χ2n) is 4.66. The normalized spacial score (nSPS) is 12.7. The van der Waals surface area contributed by atoms with Gasteiger partial charge in [-0.05, 0) is 41.3 Å². The average molecular weight is 248 g/mol. The molecular weight excluding hydrogens is 236 g/mol. The monoisotopic (exact) mass is 248 g/mol. The molecule has 0 saturated carbocycles. The quantitative estimate of drug-likeness (QED) is 0.767. The molecule has 92 valence electrons. The summed E-state index contributed by atoms with van der Waals surface area (Å²) in [5.74, 6) is 0.0405. The van der Waals surface area contributed by atoms with Crippen molar-refractivity contribution < 1.29 is 4.79 Å². The van der Waals surface area contributed by atoms with Crippen molar-refractivity contribution in [2.45, 2.75) is 13.3 Å². The van der Waals surface area contributed by atoms with Gasteiger partial charge in [-0.1, -0.05) is 24.3 Å². The molecule has 0 bridgehead atoms. The van der Waals surface area contributed by atoms with Gasteiger partial charge >= 0.3 is 0 Å². The summed E-state index contributed by atoms with van der Waals surface area (Å²) in [6, 6.07) is 11.7. The highest BCUT2D eigenvalue weighted by Crippen LogP contribution is 2.33. The van der Waals surface area contributed by atoms with Crippen LogP contribution in [-0.2, 0) is 11.2 Å². The number of fused-ring (bicyclic) bond motifs is 1. The predicted molar refractivity (Wildman–Crippen MR) is 75.2 cm³/mol. The molecule has 0 atom stereocenters. The molecule has 3 heteroatoms. The summed E-state index contributed by atoms with van der Waals surface area (Å²) in [5, 5.41) is 2.83. The van der Waals surface area contributed by atoms with E-state index in [2.05, 4.69) is 10.2 Å². The van der Waals surface area contributed by atoms with E-state index in [0.29, 0.717) is 12.1 Å². The van der Waals surface area contributed by atoms with Crippen LogP contribution in [0, 0.1) is 13.5 Å². The van der Waals surface area contributed by atoms with E-state index in [0.717, 1.165) is 27.9 Å². The fourth-order valence-corrected chi connectivity index (χ4v) is 2.45. The van der Waals surface area contributed by atoms with Crippen LogP contribution >= 0.6 is 0 Å². The van der Waals surface area contributed by atoms with Crippen LogP contribution < -0.4 is 5.32 Å². The van der Waals surface area contributed by atoms with E-state index in [9.17, 15) is 4.79 Å². The Balaban J connectivity index is 2.12. The summed E-state index contributed by atoms with van der Waals surface area (Å²) in [6.07, 6.45) is 0.435. The number of rotatable bonds is 1. The Bertz CT molecular complexity index is 726. The molecule has 0 fully saturated rings. The van der Waals surface area contributed by atoms with Crippen molar-refractivity contribution >= 4 is 17.3 Å². The minimum atomic E-state index is 0.0405. The minimum Gasteiger partial charge on any atom is -0.326 e. The van der Waals surface area contributed by atoms with Crippen LogP contribution in [-0.4, -0.2) is 5.91 Å². The highest BCUT2D eigenvalue weighted by Gasteiger charge is 2.18. The summed E-state index contributed by atoms with van der Waals surface area (Å²) in [5.41, 5.74) is 5.68. The predicted octanol–water partition coefficient (Wildman–Crippen LogP) is 3.71. The van der Waals surface area contributed by atoms with Gasteiger partial charge in [0.2, 0.25) is 5.91 Å². The molecule has 1 aliphatic heterocycles. The third-order valence-corrected chi connectivity index (χ3v) is 3.47. The van der Waals surface area contributed by atoms with Gasteiger partial charge in [0.1, 0.15) is 0 Å². The first-order valence-electron chi connectivity index (χ1n) is 6.09. The van der Waals surface area contributed by atoms with Gasteiger partial charge in [-0.3, -0.25) is 4.79 Å². The van der Waals surface area contributed by atoms with Crippen molar-refractivity contribution in [1.29, 1.82) is 0 Å². The average Bonchev–Trinajstić information content (AvgIpc) is 2.78. The van der Waals surface area contributed by atoms with E-state index < -0.39 is 0 Å². The number of benzene rings is 2. The Kier molecular flexibility index (Phi) is 2.57. The Morgan fingerprint density at radius 1 is 1.26 bits per heavy atom. The van der Waals surface area contributed by atoms with E-state index in [1.807, 2.05) is 43.3 Å². The first-order valence-corrected chi connectivity index (χ1v) is 6.09. The van der Waals surface area contributed by atoms with Crippen LogP contribution in [0.15, 0.2) is 36.4 Å². The van der Waals surface area contributed by atoms with Gasteiger partial charge in [0.05, 0.1) is 13.0 Å². The van der Waals surface area contributed by atoms with Crippen LogP contribution in [0.4, 0.5) is 11.4 Å². The van der Waals surface area contributed by atoms with E-state index >= 15 is 0 Å². The maximum Gasteiger partial charge on any atom is 0.228 e. The molecule has 3 nitrogen and oxygen atoms in total. The fraction of sp³-hybridized carbons (Fsp3) is 0.125. The van der Waals surface area contributed by atoms with Gasteiger partial charge < -0.3 is 5.32 Å². The maximum atomic E-state index is 11.4. The molecule has 0 unspecified atom stereocenters. The van der Waals surface area contributed by atoms with Crippen molar-refractivity contribution in [3.8, 4) is 11.1 Å². The van der Waals surface area contributed by atoms with Gasteiger partial charge in [-0.2, -0.15) is 0 Å². The molecule has 0 aromatic heterocycles. The number of anilines is 1. The Hall–Kier alpha value is -2.60. The van der Waals surface area contributed by atoms with Crippen molar-refractivity contribution in [3.05, 3.63) is 58.9 Å². The smallest absolute Gasteiger partial charge is 0.228 e. The van der Waals surface area contributed by atoms with Crippen LogP contribution in [0.1, 0.15) is 11.1 Å². The SMILES string of the molecule is [C-]#[N+]c1cccc(-c2ccc3c(c2)CC(=O)N3)c1C. The number of nitrogens with one attached hydrogen (secondary N) is 1. The lowest BCUT2D eigenvalue weighted by molar-refractivity contribution is -0.115. The number of amides is 1. The summed E-state index contributed by atoms with van der Waals surface area (Å²) < 4.78 is 0. The third kappa shape index (κ3) is 1.88. The van der Waals surface area contributed by atoms with E-state index in [-0.39, 0.29) is 5.91 Å². The van der Waals surface area contributed by atoms with Gasteiger partial charge in [0, 0.05) is 5.69 Å². The molecule has 1 N–H and O–H groups in total. The summed E-state index contributed by atoms with van der Waals surface area (Å²) in [7, 11) is 0. The largest absolute Gasteiger partial charge is 0.326 e. The highest BCUT2D eigenvalue weighted by molar-refractivity contribution is 5.99. The van der Waals surface area contributed by atoms with Crippen LogP contribution in [0.3, 0.4) is 0 Å². The van der Waals surface area contributed by atoms with E-state index in [1.165, 1.54) is 0 Å². The number of hydrogen-bond acceptors (Lipinski definition) is 1. The molecule has 1 heterocycles. The number of carbonyl (C=O) groups is 1. The molecule has 3 rings (SSSR count). The molecule has 19 heavy (non-hydrogen) atoms. The zero-order valence-electron chi connectivity index (χ0n) is 10.5. The third-order valence-electron chi connectivity index (χ3n) is 3.47. The lowest BCUT2D eigenvalue weighted by Gasteiger charge is -2.09. The summed E-state index contributed by atoms with van der Waals surface area (Å²) in [6.45, 7) is 9.12. The zero-order chi connectivity index (χ0) is 13.4. The lowest BCUT2D eigenvalue weighted by Crippen LogP contribution is -2.03. The van der Waals surface area contributed by atoms with Crippen molar-refractivity contribution in [2.24, 2.45) is 0 Å². The molecule has 0 saturated heterocycles. The molecule has 0 aliphatic carbocycles. The molecule has 0 spiro atoms. The second kappa shape index (κ2) is 4.25. The van der Waals surface area contributed by atoms with Gasteiger partial charge in [-0.15, -0.1) is 0 Å². The van der Waals surface area contributed by atoms with Crippen molar-refractivity contribution in [2.75, 3.05) is 5.32 Å². The van der Waals surface area contributed by atoms with Gasteiger partial charge in [0.25, 0.3) is 0 Å². The van der Waals surface area contributed by atoms with E-state index in [4.69, 9.17) is 6.57 Å². The van der Waals surface area contributed by atoms with Crippen molar-refractivity contribution in [1.82, 2.24) is 0 Å². The van der Waals surface area contributed by atoms with Crippen LogP contribution in [0.25, 0.3) is 16.0 Å². The minimum absolute atomic E-state index is 0.0405. The Morgan fingerprint density at radius 3 is 2.89 bits per heavy atom. The first-order chi connectivity index (χ1) is 9.19. The summed E-state index contributed by atoms with van der Waals surface area (Å²) >= 11 is 0. The molecule has 1 aliphatic rings. The fourth-order valence-electron chi connectivity index (χ4n) is 2.45. The van der Waals surface area contributed by atoms with Gasteiger partial charge in [-0.25, -0.2) is 4.85 Å². The standard InChI is InChI=1S/C16H12N2O/c1-10-13(4-3-5-14(10)17-2)11-6-7-15-12(8-11)9-16(19)18-15/h3-8H,9H2,1H3,(H,18,19). The Morgan fingerprint density at radius 2 is 2.11 bits per heavy atom. The number of hydrogen-bond donors (Lipinski definition) is 1. The summed E-state index contributed by atoms with van der Waals surface area (Å²) in [4.78, 5) is 14.9. The number of nitrogens with zero attached hydrogens (tertiary/aromatic N) is 1. The second-order valence-corrected chi connectivity index (χ2v) is 4.66. The van der Waals surface area contributed by atoms with Gasteiger partial charge in [0.15, 0.2) is 5.69 Å². The van der Waals surface area contributed by atoms with E-state index in [1.54, 1.807) is 0 Å². The molecule has 1 amide bonds. The van der Waals surface area contributed by atoms with Crippen LogP contribution in [0.2, 0.25) is 0 Å². The highest BCUT2D eigenvalue weighted by atomic mass is 16.1. The Labute approximate surface area is 111 Å². The lowest BCUT2D eigenvalue weighted by atomic mass is 9.97. The van der Waals surface area contributed by atoms with Crippen LogP contribution in [0.5, 0.6) is 0 Å². The molecule has 2 aromatic rings. The molecule has 0 radical (unpaired) electrons. The maximum absolute atomic E-state index is 11.4. The molecule has 2 aromatic carbocycles. The zero-order valence-corrected chi connectivity index (χ0v) is 10.5.